The van der Waals surface area contributed by atoms with Crippen LogP contribution in [0.3, 0.4) is 0 Å². The fourth-order valence-electron chi connectivity index (χ4n) is 1.56. The molecule has 20 heavy (non-hydrogen) atoms. The van der Waals surface area contributed by atoms with E-state index < -0.39 is 4.92 Å². The average molecular weight is 293 g/mol. The van der Waals surface area contributed by atoms with Gasteiger partial charge in [-0.1, -0.05) is 0 Å². The molecule has 1 heterocycles. The van der Waals surface area contributed by atoms with Crippen molar-refractivity contribution < 1.29 is 14.8 Å². The summed E-state index contributed by atoms with van der Waals surface area (Å²) in [4.78, 5) is 26.2. The first-order valence-corrected chi connectivity index (χ1v) is 6.55. The van der Waals surface area contributed by atoms with Crippen LogP contribution in [0.15, 0.2) is 28.1 Å². The summed E-state index contributed by atoms with van der Waals surface area (Å²) in [5.41, 5.74) is 0.0649. The summed E-state index contributed by atoms with van der Waals surface area (Å²) < 4.78 is 0. The van der Waals surface area contributed by atoms with Crippen LogP contribution < -0.4 is 5.32 Å². The molecule has 0 radical (unpaired) electrons. The molecule has 7 nitrogen and oxygen atoms in total. The Morgan fingerprint density at radius 1 is 1.55 bits per heavy atom. The molecule has 1 aromatic carbocycles. The molecule has 2 rings (SSSR count). The van der Waals surface area contributed by atoms with Crippen molar-refractivity contribution >= 4 is 34.6 Å². The Morgan fingerprint density at radius 3 is 2.95 bits per heavy atom. The molecule has 0 bridgehead atoms. The van der Waals surface area contributed by atoms with E-state index in [1.165, 1.54) is 24.3 Å². The predicted molar refractivity (Wildman–Crippen MR) is 76.4 cm³/mol. The summed E-state index contributed by atoms with van der Waals surface area (Å²) in [6.07, 6.45) is 1.40. The molecule has 8 heteroatoms. The maximum atomic E-state index is 11.7. The number of amidine groups is 1. The zero-order valence-corrected chi connectivity index (χ0v) is 11.3. The lowest BCUT2D eigenvalue weighted by Crippen LogP contribution is -2.19. The van der Waals surface area contributed by atoms with Crippen LogP contribution in [-0.4, -0.2) is 27.6 Å². The first-order chi connectivity index (χ1) is 9.51. The summed E-state index contributed by atoms with van der Waals surface area (Å²) in [5, 5.41) is 23.4. The minimum atomic E-state index is -0.562. The third-order valence-electron chi connectivity index (χ3n) is 2.46. The second-order valence-corrected chi connectivity index (χ2v) is 4.88. The standard InChI is InChI=1S/C12H11N3O4S/c1-2-13-12-14-11(17)10(20-12)6-7-5-8(15(18)19)3-4-9(7)16/h3-6,16H,2H2,1H3,(H,13,14,17)/b10-6-. The van der Waals surface area contributed by atoms with Crippen molar-refractivity contribution in [3.8, 4) is 5.75 Å². The quantitative estimate of drug-likeness (QED) is 0.503. The molecule has 0 atom stereocenters. The summed E-state index contributed by atoms with van der Waals surface area (Å²) in [6.45, 7) is 2.38. The van der Waals surface area contributed by atoms with Gasteiger partial charge >= 0.3 is 0 Å². The number of thioether (sulfide) groups is 1. The fraction of sp³-hybridized carbons (Fsp3) is 0.167. The zero-order valence-electron chi connectivity index (χ0n) is 10.5. The van der Waals surface area contributed by atoms with Gasteiger partial charge in [0, 0.05) is 24.2 Å². The molecular weight excluding hydrogens is 282 g/mol. The van der Waals surface area contributed by atoms with E-state index in [-0.39, 0.29) is 22.9 Å². The Morgan fingerprint density at radius 2 is 2.30 bits per heavy atom. The summed E-state index contributed by atoms with van der Waals surface area (Å²) in [5.74, 6) is -0.467. The number of carbonyl (C=O) groups is 1. The van der Waals surface area contributed by atoms with E-state index in [1.54, 1.807) is 0 Å². The molecule has 104 valence electrons. The van der Waals surface area contributed by atoms with Gasteiger partial charge < -0.3 is 10.4 Å². The SMILES string of the molecule is CCN=C1NC(=O)/C(=C/c2cc([N+](=O)[O-])ccc2O)S1. The van der Waals surface area contributed by atoms with Crippen LogP contribution in [-0.2, 0) is 4.79 Å². The Labute approximate surface area is 118 Å². The number of hydrogen-bond acceptors (Lipinski definition) is 6. The molecule has 0 unspecified atom stereocenters. The minimum absolute atomic E-state index is 0.127. The third kappa shape index (κ3) is 2.97. The first-order valence-electron chi connectivity index (χ1n) is 5.74. The number of nitrogens with zero attached hydrogens (tertiary/aromatic N) is 2. The Balaban J connectivity index is 2.36. The van der Waals surface area contributed by atoms with Crippen LogP contribution >= 0.6 is 11.8 Å². The van der Waals surface area contributed by atoms with Crippen LogP contribution in [0, 0.1) is 10.1 Å². The second-order valence-electron chi connectivity index (χ2n) is 3.84. The van der Waals surface area contributed by atoms with E-state index in [2.05, 4.69) is 10.3 Å². The van der Waals surface area contributed by atoms with E-state index in [0.29, 0.717) is 16.6 Å². The molecular formula is C12H11N3O4S. The molecule has 1 aromatic rings. The number of benzene rings is 1. The number of phenolic OH excluding ortho intramolecular Hbond substituents is 1. The Kier molecular flexibility index (Phi) is 4.04. The van der Waals surface area contributed by atoms with E-state index in [0.717, 1.165) is 11.8 Å². The first kappa shape index (κ1) is 14.1. The largest absolute Gasteiger partial charge is 0.507 e. The molecule has 1 amide bonds. The summed E-state index contributed by atoms with van der Waals surface area (Å²) in [7, 11) is 0. The number of hydrogen-bond donors (Lipinski definition) is 2. The number of rotatable bonds is 3. The number of nitrogens with one attached hydrogen (secondary N) is 1. The molecule has 1 aliphatic heterocycles. The molecule has 1 fully saturated rings. The lowest BCUT2D eigenvalue weighted by Gasteiger charge is -1.99. The van der Waals surface area contributed by atoms with E-state index >= 15 is 0 Å². The van der Waals surface area contributed by atoms with Gasteiger partial charge in [0.15, 0.2) is 5.17 Å². The smallest absolute Gasteiger partial charge is 0.270 e. The normalized spacial score (nSPS) is 18.6. The topological polar surface area (TPSA) is 105 Å². The molecule has 0 aliphatic carbocycles. The maximum absolute atomic E-state index is 11.7. The lowest BCUT2D eigenvalue weighted by molar-refractivity contribution is -0.384. The highest BCUT2D eigenvalue weighted by atomic mass is 32.2. The van der Waals surface area contributed by atoms with Crippen LogP contribution in [0.1, 0.15) is 12.5 Å². The van der Waals surface area contributed by atoms with Crippen LogP contribution in [0.2, 0.25) is 0 Å². The van der Waals surface area contributed by atoms with Gasteiger partial charge in [-0.05, 0) is 30.8 Å². The van der Waals surface area contributed by atoms with E-state index in [4.69, 9.17) is 0 Å². The van der Waals surface area contributed by atoms with Crippen LogP contribution in [0.4, 0.5) is 5.69 Å². The van der Waals surface area contributed by atoms with Gasteiger partial charge in [-0.2, -0.15) is 0 Å². The van der Waals surface area contributed by atoms with Gasteiger partial charge in [-0.25, -0.2) is 0 Å². The van der Waals surface area contributed by atoms with Gasteiger partial charge in [-0.15, -0.1) is 0 Å². The number of aliphatic imine (C=N–C) groups is 1. The van der Waals surface area contributed by atoms with Crippen LogP contribution in [0.25, 0.3) is 6.08 Å². The third-order valence-corrected chi connectivity index (χ3v) is 3.41. The molecule has 1 aliphatic rings. The number of nitro groups is 1. The molecule has 1 saturated heterocycles. The number of aromatic hydroxyl groups is 1. The van der Waals surface area contributed by atoms with Gasteiger partial charge in [0.2, 0.25) is 0 Å². The number of phenols is 1. The van der Waals surface area contributed by atoms with Gasteiger partial charge in [0.1, 0.15) is 5.75 Å². The minimum Gasteiger partial charge on any atom is -0.507 e. The summed E-state index contributed by atoms with van der Waals surface area (Å²) in [6, 6.07) is 3.64. The van der Waals surface area contributed by atoms with Gasteiger partial charge in [0.25, 0.3) is 11.6 Å². The van der Waals surface area contributed by atoms with Crippen molar-refractivity contribution in [3.05, 3.63) is 38.8 Å². The molecule has 0 aromatic heterocycles. The molecule has 2 N–H and O–H groups in total. The zero-order chi connectivity index (χ0) is 14.7. The molecule has 0 saturated carbocycles. The van der Waals surface area contributed by atoms with Gasteiger partial charge in [0.05, 0.1) is 9.83 Å². The Hall–Kier alpha value is -2.35. The average Bonchev–Trinajstić information content (AvgIpc) is 2.72. The highest BCUT2D eigenvalue weighted by Crippen LogP contribution is 2.30. The lowest BCUT2D eigenvalue weighted by atomic mass is 10.1. The van der Waals surface area contributed by atoms with Crippen molar-refractivity contribution in [2.75, 3.05) is 6.54 Å². The Bertz CT molecular complexity index is 640. The van der Waals surface area contributed by atoms with Crippen molar-refractivity contribution in [2.24, 2.45) is 4.99 Å². The van der Waals surface area contributed by atoms with Crippen molar-refractivity contribution in [2.45, 2.75) is 6.92 Å². The summed E-state index contributed by atoms with van der Waals surface area (Å²) >= 11 is 1.13. The van der Waals surface area contributed by atoms with Crippen LogP contribution in [0.5, 0.6) is 5.75 Å². The van der Waals surface area contributed by atoms with Gasteiger partial charge in [-0.3, -0.25) is 19.9 Å². The predicted octanol–water partition coefficient (Wildman–Crippen LogP) is 1.88. The number of carbonyl (C=O) groups excluding carboxylic acids is 1. The monoisotopic (exact) mass is 293 g/mol. The van der Waals surface area contributed by atoms with E-state index in [9.17, 15) is 20.0 Å². The maximum Gasteiger partial charge on any atom is 0.270 e. The molecule has 0 spiro atoms. The number of non-ortho nitro benzene ring substituents is 1. The van der Waals surface area contributed by atoms with Crippen molar-refractivity contribution in [1.29, 1.82) is 0 Å². The second kappa shape index (κ2) is 5.74. The number of nitro benzene ring substituents is 1. The number of amides is 1. The van der Waals surface area contributed by atoms with Crippen molar-refractivity contribution in [1.82, 2.24) is 5.32 Å². The van der Waals surface area contributed by atoms with Crippen molar-refractivity contribution in [3.63, 3.8) is 0 Å². The van der Waals surface area contributed by atoms with E-state index in [1.807, 2.05) is 6.92 Å². The highest BCUT2D eigenvalue weighted by Gasteiger charge is 2.24. The highest BCUT2D eigenvalue weighted by molar-refractivity contribution is 8.18. The fourth-order valence-corrected chi connectivity index (χ4v) is 2.43.